The molecule has 0 N–H and O–H groups in total. The molecule has 0 fully saturated rings. The van der Waals surface area contributed by atoms with E-state index in [-0.39, 0.29) is 11.7 Å². The molecule has 1 aliphatic rings. The maximum Gasteiger partial charge on any atom is 0.235 e. The summed E-state index contributed by atoms with van der Waals surface area (Å²) in [5, 5.41) is 8.50. The van der Waals surface area contributed by atoms with Gasteiger partial charge in [-0.25, -0.2) is 0 Å². The van der Waals surface area contributed by atoms with Crippen LogP contribution in [0.15, 0.2) is 23.1 Å². The maximum absolute atomic E-state index is 12.2. The Balaban J connectivity index is 1.98. The van der Waals surface area contributed by atoms with Crippen LogP contribution in [0.25, 0.3) is 0 Å². The Morgan fingerprint density at radius 2 is 2.15 bits per heavy atom. The van der Waals surface area contributed by atoms with E-state index in [4.69, 9.17) is 5.26 Å². The summed E-state index contributed by atoms with van der Waals surface area (Å²) in [7, 11) is 0.332. The summed E-state index contributed by atoms with van der Waals surface area (Å²) < 4.78 is 12.2. The van der Waals surface area contributed by atoms with Crippen molar-refractivity contribution in [3.05, 3.63) is 29.3 Å². The van der Waals surface area contributed by atoms with Crippen LogP contribution in [-0.4, -0.2) is 34.4 Å². The van der Waals surface area contributed by atoms with Crippen molar-refractivity contribution in [3.63, 3.8) is 0 Å². The Kier molecular flexibility index (Phi) is 4.91. The van der Waals surface area contributed by atoms with Gasteiger partial charge in [0.2, 0.25) is 5.91 Å². The first-order valence-electron chi connectivity index (χ1n) is 6.73. The molecular weight excluding hydrogens is 272 g/mol. The van der Waals surface area contributed by atoms with Gasteiger partial charge in [0, 0.05) is 18.5 Å². The van der Waals surface area contributed by atoms with Crippen molar-refractivity contribution in [3.8, 4) is 6.07 Å². The highest BCUT2D eigenvalue weighted by Gasteiger charge is 2.17. The standard InChI is InChI=1S/C15H18N2O2S/c1-17(9-3-8-16)15(18)11-20(19)14-7-6-12-4-2-5-13(12)10-14/h6-7,10H,2-5,9,11H2,1H3. The molecule has 0 bridgehead atoms. The lowest BCUT2D eigenvalue weighted by Gasteiger charge is -2.15. The van der Waals surface area contributed by atoms with E-state index < -0.39 is 10.8 Å². The molecule has 1 unspecified atom stereocenters. The molecule has 5 heteroatoms. The Morgan fingerprint density at radius 1 is 1.40 bits per heavy atom. The number of hydrogen-bond donors (Lipinski definition) is 0. The maximum atomic E-state index is 12.2. The van der Waals surface area contributed by atoms with Crippen LogP contribution in [0, 0.1) is 11.3 Å². The summed E-state index contributed by atoms with van der Waals surface area (Å²) in [4.78, 5) is 14.1. The van der Waals surface area contributed by atoms with Crippen LogP contribution in [0.5, 0.6) is 0 Å². The van der Waals surface area contributed by atoms with Gasteiger partial charge >= 0.3 is 0 Å². The minimum atomic E-state index is -1.31. The molecule has 1 aromatic rings. The van der Waals surface area contributed by atoms with Gasteiger partial charge in [-0.2, -0.15) is 5.26 Å². The third-order valence-corrected chi connectivity index (χ3v) is 4.86. The minimum absolute atomic E-state index is 0.0132. The van der Waals surface area contributed by atoms with Crippen molar-refractivity contribution in [2.24, 2.45) is 0 Å². The van der Waals surface area contributed by atoms with Crippen LogP contribution in [0.2, 0.25) is 0 Å². The van der Waals surface area contributed by atoms with Crippen molar-refractivity contribution in [2.45, 2.75) is 30.6 Å². The van der Waals surface area contributed by atoms with Crippen molar-refractivity contribution >= 4 is 16.7 Å². The van der Waals surface area contributed by atoms with E-state index in [0.29, 0.717) is 13.0 Å². The quantitative estimate of drug-likeness (QED) is 0.828. The average Bonchev–Trinajstić information content (AvgIpc) is 2.91. The summed E-state index contributed by atoms with van der Waals surface area (Å²) in [5.41, 5.74) is 2.60. The van der Waals surface area contributed by atoms with Gasteiger partial charge in [0.1, 0.15) is 5.75 Å². The van der Waals surface area contributed by atoms with Gasteiger partial charge in [-0.1, -0.05) is 6.07 Å². The molecule has 106 valence electrons. The Labute approximate surface area is 121 Å². The fourth-order valence-electron chi connectivity index (χ4n) is 2.34. The number of benzene rings is 1. The Morgan fingerprint density at radius 3 is 2.90 bits per heavy atom. The lowest BCUT2D eigenvalue weighted by molar-refractivity contribution is -0.127. The second-order valence-corrected chi connectivity index (χ2v) is 6.45. The van der Waals surface area contributed by atoms with E-state index in [1.54, 1.807) is 7.05 Å². The molecule has 1 aromatic carbocycles. The van der Waals surface area contributed by atoms with Gasteiger partial charge in [-0.05, 0) is 42.5 Å². The predicted octanol–water partition coefficient (Wildman–Crippen LogP) is 1.65. The SMILES string of the molecule is CN(CCC#N)C(=O)CS(=O)c1ccc2c(c1)CCC2. The molecule has 1 atom stereocenters. The number of rotatable bonds is 5. The van der Waals surface area contributed by atoms with Gasteiger partial charge in [0.05, 0.1) is 23.3 Å². The number of amides is 1. The lowest BCUT2D eigenvalue weighted by atomic mass is 10.1. The highest BCUT2D eigenvalue weighted by atomic mass is 32.2. The normalized spacial score (nSPS) is 14.4. The third kappa shape index (κ3) is 3.45. The molecule has 1 aliphatic carbocycles. The van der Waals surface area contributed by atoms with Crippen LogP contribution in [0.3, 0.4) is 0 Å². The van der Waals surface area contributed by atoms with Crippen molar-refractivity contribution in [1.29, 1.82) is 5.26 Å². The van der Waals surface area contributed by atoms with E-state index in [1.165, 1.54) is 16.0 Å². The Hall–Kier alpha value is -1.67. The largest absolute Gasteiger partial charge is 0.344 e. The summed E-state index contributed by atoms with van der Waals surface area (Å²) in [5.74, 6) is -0.195. The van der Waals surface area contributed by atoms with Crippen molar-refractivity contribution < 1.29 is 9.00 Å². The zero-order chi connectivity index (χ0) is 14.5. The van der Waals surface area contributed by atoms with Crippen molar-refractivity contribution in [2.75, 3.05) is 19.3 Å². The van der Waals surface area contributed by atoms with E-state index in [0.717, 1.165) is 24.2 Å². The first kappa shape index (κ1) is 14.7. The molecule has 0 saturated carbocycles. The van der Waals surface area contributed by atoms with Crippen molar-refractivity contribution in [1.82, 2.24) is 4.90 Å². The lowest BCUT2D eigenvalue weighted by Crippen LogP contribution is -2.31. The number of carbonyl (C=O) groups is 1. The van der Waals surface area contributed by atoms with Crippen LogP contribution in [0.1, 0.15) is 24.0 Å². The summed E-state index contributed by atoms with van der Waals surface area (Å²) in [6, 6.07) is 7.86. The molecular formula is C15H18N2O2S. The number of aryl methyl sites for hydroxylation is 2. The van der Waals surface area contributed by atoms with Gasteiger partial charge in [-0.3, -0.25) is 9.00 Å². The first-order chi connectivity index (χ1) is 9.61. The van der Waals surface area contributed by atoms with Crippen LogP contribution in [-0.2, 0) is 28.4 Å². The molecule has 0 heterocycles. The molecule has 0 spiro atoms. The second-order valence-electron chi connectivity index (χ2n) is 5.00. The molecule has 2 rings (SSSR count). The highest BCUT2D eigenvalue weighted by molar-refractivity contribution is 7.85. The van der Waals surface area contributed by atoms with E-state index in [2.05, 4.69) is 0 Å². The number of carbonyl (C=O) groups excluding carboxylic acids is 1. The van der Waals surface area contributed by atoms with Gasteiger partial charge in [0.15, 0.2) is 0 Å². The molecule has 20 heavy (non-hydrogen) atoms. The van der Waals surface area contributed by atoms with Gasteiger partial charge in [-0.15, -0.1) is 0 Å². The van der Waals surface area contributed by atoms with Crippen LogP contribution in [0.4, 0.5) is 0 Å². The van der Waals surface area contributed by atoms with Gasteiger partial charge in [0.25, 0.3) is 0 Å². The fourth-order valence-corrected chi connectivity index (χ4v) is 3.44. The van der Waals surface area contributed by atoms with E-state index in [9.17, 15) is 9.00 Å². The van der Waals surface area contributed by atoms with Crippen LogP contribution < -0.4 is 0 Å². The number of nitrogens with zero attached hydrogens (tertiary/aromatic N) is 2. The molecule has 4 nitrogen and oxygen atoms in total. The summed E-state index contributed by atoms with van der Waals surface area (Å²) >= 11 is 0. The average molecular weight is 290 g/mol. The minimum Gasteiger partial charge on any atom is -0.344 e. The van der Waals surface area contributed by atoms with E-state index >= 15 is 0 Å². The molecule has 1 amide bonds. The summed E-state index contributed by atoms with van der Waals surface area (Å²) in [6.07, 6.45) is 3.59. The molecule has 0 aliphatic heterocycles. The number of hydrogen-bond acceptors (Lipinski definition) is 3. The predicted molar refractivity (Wildman–Crippen MR) is 77.6 cm³/mol. The topological polar surface area (TPSA) is 61.2 Å². The van der Waals surface area contributed by atoms with E-state index in [1.807, 2.05) is 24.3 Å². The molecule has 0 radical (unpaired) electrons. The monoisotopic (exact) mass is 290 g/mol. The summed E-state index contributed by atoms with van der Waals surface area (Å²) in [6.45, 7) is 0.386. The number of fused-ring (bicyclic) bond motifs is 1. The first-order valence-corrected chi connectivity index (χ1v) is 8.05. The fraction of sp³-hybridized carbons (Fsp3) is 0.467. The zero-order valence-electron chi connectivity index (χ0n) is 11.6. The molecule has 0 aromatic heterocycles. The number of nitriles is 1. The highest BCUT2D eigenvalue weighted by Crippen LogP contribution is 2.24. The molecule has 0 saturated heterocycles. The second kappa shape index (κ2) is 6.67. The zero-order valence-corrected chi connectivity index (χ0v) is 12.4. The third-order valence-electron chi connectivity index (χ3n) is 3.57. The van der Waals surface area contributed by atoms with Crippen LogP contribution >= 0.6 is 0 Å². The van der Waals surface area contributed by atoms with Gasteiger partial charge < -0.3 is 4.90 Å². The Bertz CT molecular complexity index is 578. The smallest absolute Gasteiger partial charge is 0.235 e.